The molecular formula is C17H21NO5S. The molecule has 0 aliphatic carbocycles. The maximum absolute atomic E-state index is 12.5. The molecule has 1 aliphatic heterocycles. The SMILES string of the molecule is CCC(C(=O)/C=C1\NS(=O)(=O)c2ccccc21)C(=O)OC(C)(C)C. The number of carbonyl (C=O) groups is 2. The van der Waals surface area contributed by atoms with Crippen LogP contribution in [0.2, 0.25) is 0 Å². The van der Waals surface area contributed by atoms with E-state index in [4.69, 9.17) is 4.74 Å². The summed E-state index contributed by atoms with van der Waals surface area (Å²) in [6.07, 6.45) is 1.44. The second kappa shape index (κ2) is 6.39. The number of hydrogen-bond donors (Lipinski definition) is 1. The highest BCUT2D eigenvalue weighted by Gasteiger charge is 2.32. The van der Waals surface area contributed by atoms with E-state index in [2.05, 4.69) is 4.72 Å². The number of carbonyl (C=O) groups excluding carboxylic acids is 2. The first kappa shape index (κ1) is 18.2. The molecule has 7 heteroatoms. The molecule has 2 rings (SSSR count). The normalized spacial score (nSPS) is 18.6. The van der Waals surface area contributed by atoms with Crippen molar-refractivity contribution < 1.29 is 22.7 Å². The summed E-state index contributed by atoms with van der Waals surface area (Å²) in [5.74, 6) is -2.06. The topological polar surface area (TPSA) is 89.5 Å². The van der Waals surface area contributed by atoms with Gasteiger partial charge < -0.3 is 4.74 Å². The van der Waals surface area contributed by atoms with Crippen molar-refractivity contribution in [3.05, 3.63) is 35.9 Å². The smallest absolute Gasteiger partial charge is 0.317 e. The van der Waals surface area contributed by atoms with Crippen LogP contribution in [0.25, 0.3) is 5.70 Å². The summed E-state index contributed by atoms with van der Waals surface area (Å²) < 4.78 is 31.7. The van der Waals surface area contributed by atoms with Gasteiger partial charge in [0, 0.05) is 11.6 Å². The van der Waals surface area contributed by atoms with Gasteiger partial charge in [0.15, 0.2) is 5.78 Å². The number of benzene rings is 1. The first-order valence-corrected chi connectivity index (χ1v) is 9.14. The van der Waals surface area contributed by atoms with Gasteiger partial charge in [-0.3, -0.25) is 14.3 Å². The maximum Gasteiger partial charge on any atom is 0.317 e. The molecule has 1 aromatic carbocycles. The molecule has 1 heterocycles. The number of ether oxygens (including phenoxy) is 1. The van der Waals surface area contributed by atoms with Gasteiger partial charge in [-0.25, -0.2) is 8.42 Å². The van der Waals surface area contributed by atoms with Crippen molar-refractivity contribution in [3.63, 3.8) is 0 Å². The van der Waals surface area contributed by atoms with Crippen LogP contribution in [0, 0.1) is 5.92 Å². The number of allylic oxidation sites excluding steroid dienone is 1. The lowest BCUT2D eigenvalue weighted by atomic mass is 9.99. The number of esters is 1. The number of nitrogens with one attached hydrogen (secondary N) is 1. The summed E-state index contributed by atoms with van der Waals surface area (Å²) in [5.41, 5.74) is -0.0954. The highest BCUT2D eigenvalue weighted by atomic mass is 32.2. The van der Waals surface area contributed by atoms with Crippen molar-refractivity contribution in [1.82, 2.24) is 4.72 Å². The van der Waals surface area contributed by atoms with Gasteiger partial charge in [0.1, 0.15) is 11.5 Å². The van der Waals surface area contributed by atoms with E-state index >= 15 is 0 Å². The average molecular weight is 351 g/mol. The Morgan fingerprint density at radius 3 is 2.46 bits per heavy atom. The molecule has 6 nitrogen and oxygen atoms in total. The van der Waals surface area contributed by atoms with Crippen molar-refractivity contribution in [2.75, 3.05) is 0 Å². The van der Waals surface area contributed by atoms with E-state index in [-0.39, 0.29) is 17.0 Å². The summed E-state index contributed by atoms with van der Waals surface area (Å²) in [5, 5.41) is 0. The number of fused-ring (bicyclic) bond motifs is 1. The van der Waals surface area contributed by atoms with Crippen LogP contribution < -0.4 is 4.72 Å². The molecule has 0 amide bonds. The minimum Gasteiger partial charge on any atom is -0.459 e. The molecule has 24 heavy (non-hydrogen) atoms. The van der Waals surface area contributed by atoms with Crippen LogP contribution in [0.5, 0.6) is 0 Å². The lowest BCUT2D eigenvalue weighted by molar-refractivity contribution is -0.161. The summed E-state index contributed by atoms with van der Waals surface area (Å²) >= 11 is 0. The summed E-state index contributed by atoms with van der Waals surface area (Å²) in [6, 6.07) is 6.37. The number of rotatable bonds is 4. The van der Waals surface area contributed by atoms with Gasteiger partial charge >= 0.3 is 5.97 Å². The van der Waals surface area contributed by atoms with Gasteiger partial charge in [-0.15, -0.1) is 0 Å². The van der Waals surface area contributed by atoms with Gasteiger partial charge in [0.25, 0.3) is 10.0 Å². The van der Waals surface area contributed by atoms with Crippen LogP contribution in [0.15, 0.2) is 35.2 Å². The van der Waals surface area contributed by atoms with E-state index in [0.29, 0.717) is 5.56 Å². The third kappa shape index (κ3) is 3.84. The van der Waals surface area contributed by atoms with E-state index < -0.39 is 33.3 Å². The third-order valence-corrected chi connectivity index (χ3v) is 4.86. The molecule has 0 aromatic heterocycles. The molecule has 0 bridgehead atoms. The van der Waals surface area contributed by atoms with Crippen LogP contribution >= 0.6 is 0 Å². The number of hydrogen-bond acceptors (Lipinski definition) is 5. The van der Waals surface area contributed by atoms with Gasteiger partial charge in [-0.1, -0.05) is 25.1 Å². The van der Waals surface area contributed by atoms with Crippen molar-refractivity contribution in [2.45, 2.75) is 44.6 Å². The molecule has 1 atom stereocenters. The third-order valence-electron chi connectivity index (χ3n) is 3.44. The number of ketones is 1. The maximum atomic E-state index is 12.5. The molecule has 0 saturated carbocycles. The Morgan fingerprint density at radius 1 is 1.25 bits per heavy atom. The second-order valence-corrected chi connectivity index (χ2v) is 8.21. The molecule has 0 radical (unpaired) electrons. The molecule has 1 aliphatic rings. The molecule has 1 unspecified atom stereocenters. The van der Waals surface area contributed by atoms with Crippen molar-refractivity contribution >= 4 is 27.5 Å². The van der Waals surface area contributed by atoms with Gasteiger partial charge in [0.2, 0.25) is 0 Å². The fourth-order valence-corrected chi connectivity index (χ4v) is 3.68. The van der Waals surface area contributed by atoms with Crippen molar-refractivity contribution in [3.8, 4) is 0 Å². The zero-order valence-corrected chi connectivity index (χ0v) is 14.9. The Hall–Kier alpha value is -2.15. The van der Waals surface area contributed by atoms with Gasteiger partial charge in [0.05, 0.1) is 10.6 Å². The Balaban J connectivity index is 2.31. The summed E-state index contributed by atoms with van der Waals surface area (Å²) in [4.78, 5) is 24.8. The molecule has 1 N–H and O–H groups in total. The van der Waals surface area contributed by atoms with E-state index in [9.17, 15) is 18.0 Å². The van der Waals surface area contributed by atoms with Crippen molar-refractivity contribution in [1.29, 1.82) is 0 Å². The van der Waals surface area contributed by atoms with Crippen LogP contribution in [-0.4, -0.2) is 25.8 Å². The summed E-state index contributed by atoms with van der Waals surface area (Å²) in [6.45, 7) is 6.88. The predicted octanol–water partition coefficient (Wildman–Crippen LogP) is 2.26. The Labute approximate surface area is 141 Å². The quantitative estimate of drug-likeness (QED) is 0.510. The van der Waals surface area contributed by atoms with E-state index in [1.54, 1.807) is 45.9 Å². The molecule has 0 fully saturated rings. The van der Waals surface area contributed by atoms with Crippen LogP contribution in [-0.2, 0) is 24.3 Å². The minimum atomic E-state index is -3.67. The van der Waals surface area contributed by atoms with Crippen molar-refractivity contribution in [2.24, 2.45) is 5.92 Å². The first-order chi connectivity index (χ1) is 11.0. The van der Waals surface area contributed by atoms with Crippen LogP contribution in [0.3, 0.4) is 0 Å². The zero-order chi connectivity index (χ0) is 18.1. The molecule has 0 saturated heterocycles. The highest BCUT2D eigenvalue weighted by Crippen LogP contribution is 2.30. The predicted molar refractivity (Wildman–Crippen MR) is 89.4 cm³/mol. The summed E-state index contributed by atoms with van der Waals surface area (Å²) in [7, 11) is -3.67. The minimum absolute atomic E-state index is 0.120. The molecule has 1 aromatic rings. The Morgan fingerprint density at radius 2 is 1.88 bits per heavy atom. The Kier molecular flexibility index (Phi) is 4.85. The van der Waals surface area contributed by atoms with Crippen LogP contribution in [0.4, 0.5) is 0 Å². The van der Waals surface area contributed by atoms with E-state index in [0.717, 1.165) is 0 Å². The standard InChI is InChI=1S/C17H21NO5S/c1-5-11(16(20)23-17(2,3)4)14(19)10-13-12-8-6-7-9-15(12)24(21,22)18-13/h6-11,18H,5H2,1-4H3/b13-10-. The first-order valence-electron chi connectivity index (χ1n) is 7.66. The second-order valence-electron chi connectivity index (χ2n) is 6.56. The Bertz CT molecular complexity index is 803. The molecule has 130 valence electrons. The van der Waals surface area contributed by atoms with Gasteiger partial charge in [-0.05, 0) is 33.3 Å². The van der Waals surface area contributed by atoms with Gasteiger partial charge in [-0.2, -0.15) is 0 Å². The largest absolute Gasteiger partial charge is 0.459 e. The highest BCUT2D eigenvalue weighted by molar-refractivity contribution is 7.90. The molecular weight excluding hydrogens is 330 g/mol. The fraction of sp³-hybridized carbons (Fsp3) is 0.412. The lowest BCUT2D eigenvalue weighted by Crippen LogP contribution is -2.32. The van der Waals surface area contributed by atoms with Crippen LogP contribution in [0.1, 0.15) is 39.7 Å². The number of sulfonamides is 1. The fourth-order valence-electron chi connectivity index (χ4n) is 2.39. The molecule has 0 spiro atoms. The van der Waals surface area contributed by atoms with E-state index in [1.165, 1.54) is 12.1 Å². The average Bonchev–Trinajstić information content (AvgIpc) is 2.69. The monoisotopic (exact) mass is 351 g/mol. The zero-order valence-electron chi connectivity index (χ0n) is 14.1. The lowest BCUT2D eigenvalue weighted by Gasteiger charge is -2.22. The van der Waals surface area contributed by atoms with E-state index in [1.807, 2.05) is 0 Å².